The van der Waals surface area contributed by atoms with Crippen LogP contribution in [-0.2, 0) is 30.6 Å². The molecular formula is C19H30N6O7S. The van der Waals surface area contributed by atoms with E-state index in [9.17, 15) is 18.0 Å². The van der Waals surface area contributed by atoms with E-state index in [2.05, 4.69) is 25.9 Å². The van der Waals surface area contributed by atoms with E-state index in [-0.39, 0.29) is 77.1 Å². The van der Waals surface area contributed by atoms with Gasteiger partial charge in [0.05, 0.1) is 17.9 Å². The number of hydroxylamine groups is 1. The number of carbonyl (C=O) groups excluding carboxylic acids is 2. The van der Waals surface area contributed by atoms with Gasteiger partial charge in [-0.2, -0.15) is 5.21 Å². The van der Waals surface area contributed by atoms with E-state index in [1.165, 1.54) is 29.7 Å². The molecule has 1 saturated heterocycles. The molecular weight excluding hydrogens is 456 g/mol. The van der Waals surface area contributed by atoms with Gasteiger partial charge in [0.1, 0.15) is 12.4 Å². The Kier molecular flexibility index (Phi) is 10.3. The average molecular weight is 487 g/mol. The Bertz CT molecular complexity index is 990. The summed E-state index contributed by atoms with van der Waals surface area (Å²) in [6, 6.07) is 5.58. The maximum absolute atomic E-state index is 13.2. The van der Waals surface area contributed by atoms with Gasteiger partial charge in [-0.15, -0.1) is 10.2 Å². The topological polar surface area (TPSA) is 185 Å². The molecule has 0 aliphatic carbocycles. The number of hydrogen-bond acceptors (Lipinski definition) is 10. The molecule has 2 amide bonds. The van der Waals surface area contributed by atoms with Crippen LogP contribution >= 0.6 is 0 Å². The fourth-order valence-corrected chi connectivity index (χ4v) is 5.12. The molecule has 14 heteroatoms. The third-order valence-electron chi connectivity index (χ3n) is 4.87. The highest BCUT2D eigenvalue weighted by atomic mass is 32.2. The number of hydrogen-bond donors (Lipinski definition) is 4. The summed E-state index contributed by atoms with van der Waals surface area (Å²) in [5.41, 5.74) is 1.47. The van der Waals surface area contributed by atoms with Crippen LogP contribution in [0, 0.1) is 0 Å². The SMILES string of the molecule is C.C.O=C(Cc1nn[nH]n1)NCCOc1ccc(S(=O)(=O)C2(C(=O)NO)CCOCC2)cc1. The van der Waals surface area contributed by atoms with E-state index in [0.29, 0.717) is 5.75 Å². The monoisotopic (exact) mass is 486 g/mol. The molecule has 13 nitrogen and oxygen atoms in total. The first kappa shape index (κ1) is 27.9. The number of amides is 2. The Labute approximate surface area is 192 Å². The molecule has 0 bridgehead atoms. The zero-order chi connectivity index (χ0) is 22.3. The van der Waals surface area contributed by atoms with Gasteiger partial charge in [-0.05, 0) is 37.1 Å². The van der Waals surface area contributed by atoms with Crippen molar-refractivity contribution in [3.63, 3.8) is 0 Å². The van der Waals surface area contributed by atoms with E-state index >= 15 is 0 Å². The van der Waals surface area contributed by atoms with Gasteiger partial charge in [0.25, 0.3) is 5.91 Å². The third kappa shape index (κ3) is 6.24. The molecule has 0 atom stereocenters. The number of sulfone groups is 1. The molecule has 2 aromatic rings. The Hall–Kier alpha value is -3.10. The number of carbonyl (C=O) groups is 2. The van der Waals surface area contributed by atoms with Crippen molar-refractivity contribution in [3.05, 3.63) is 30.1 Å². The predicted octanol–water partition coefficient (Wildman–Crippen LogP) is 0.0379. The van der Waals surface area contributed by atoms with E-state index < -0.39 is 20.5 Å². The number of aromatic nitrogens is 4. The van der Waals surface area contributed by atoms with Gasteiger partial charge in [-0.1, -0.05) is 20.1 Å². The minimum absolute atomic E-state index is 0. The Morgan fingerprint density at radius 2 is 1.85 bits per heavy atom. The molecule has 2 heterocycles. The fraction of sp³-hybridized carbons (Fsp3) is 0.526. The molecule has 3 rings (SSSR count). The average Bonchev–Trinajstić information content (AvgIpc) is 3.29. The number of nitrogens with zero attached hydrogens (tertiary/aromatic N) is 3. The second-order valence-corrected chi connectivity index (χ2v) is 8.99. The Morgan fingerprint density at radius 3 is 2.42 bits per heavy atom. The normalized spacial score (nSPS) is 14.8. The molecule has 1 aliphatic rings. The molecule has 1 aromatic heterocycles. The lowest BCUT2D eigenvalue weighted by molar-refractivity contribution is -0.134. The molecule has 0 saturated carbocycles. The van der Waals surface area contributed by atoms with E-state index in [1.807, 2.05) is 0 Å². The largest absolute Gasteiger partial charge is 0.492 e. The van der Waals surface area contributed by atoms with Crippen LogP contribution in [0.5, 0.6) is 5.75 Å². The number of aromatic amines is 1. The van der Waals surface area contributed by atoms with Crippen molar-refractivity contribution in [1.29, 1.82) is 0 Å². The highest BCUT2D eigenvalue weighted by Gasteiger charge is 2.52. The summed E-state index contributed by atoms with van der Waals surface area (Å²) in [6.07, 6.45) is -0.148. The van der Waals surface area contributed by atoms with Crippen molar-refractivity contribution in [2.75, 3.05) is 26.4 Å². The van der Waals surface area contributed by atoms with Crippen molar-refractivity contribution in [3.8, 4) is 5.75 Å². The number of benzene rings is 1. The fourth-order valence-electron chi connectivity index (χ4n) is 3.18. The summed E-state index contributed by atoms with van der Waals surface area (Å²) in [5, 5.41) is 24.7. The van der Waals surface area contributed by atoms with E-state index in [4.69, 9.17) is 14.7 Å². The maximum atomic E-state index is 13.2. The maximum Gasteiger partial charge on any atom is 0.265 e. The van der Waals surface area contributed by atoms with Crippen molar-refractivity contribution in [2.45, 2.75) is 43.8 Å². The van der Waals surface area contributed by atoms with Gasteiger partial charge in [0.15, 0.2) is 20.4 Å². The molecule has 4 N–H and O–H groups in total. The van der Waals surface area contributed by atoms with Crippen LogP contribution in [0.2, 0.25) is 0 Å². The summed E-state index contributed by atoms with van der Waals surface area (Å²) in [6.45, 7) is 0.549. The number of H-pyrrole nitrogens is 1. The zero-order valence-electron chi connectivity index (χ0n) is 16.4. The van der Waals surface area contributed by atoms with Gasteiger partial charge in [-0.25, -0.2) is 13.9 Å². The molecule has 33 heavy (non-hydrogen) atoms. The second kappa shape index (κ2) is 12.2. The van der Waals surface area contributed by atoms with E-state index in [0.717, 1.165) is 0 Å². The van der Waals surface area contributed by atoms with Gasteiger partial charge in [0, 0.05) is 13.2 Å². The molecule has 0 spiro atoms. The van der Waals surface area contributed by atoms with Crippen molar-refractivity contribution >= 4 is 21.7 Å². The van der Waals surface area contributed by atoms with Crippen LogP contribution < -0.4 is 15.5 Å². The van der Waals surface area contributed by atoms with Crippen LogP contribution in [0.25, 0.3) is 0 Å². The third-order valence-corrected chi connectivity index (χ3v) is 7.38. The van der Waals surface area contributed by atoms with Crippen molar-refractivity contribution in [2.24, 2.45) is 0 Å². The summed E-state index contributed by atoms with van der Waals surface area (Å²) < 4.78 is 35.2. The van der Waals surface area contributed by atoms with Crippen LogP contribution in [-0.4, -0.2) is 77.2 Å². The van der Waals surface area contributed by atoms with E-state index in [1.54, 1.807) is 0 Å². The lowest BCUT2D eigenvalue weighted by atomic mass is 9.98. The first-order chi connectivity index (χ1) is 14.9. The van der Waals surface area contributed by atoms with Crippen LogP contribution in [0.15, 0.2) is 29.2 Å². The number of ether oxygens (including phenoxy) is 2. The van der Waals surface area contributed by atoms with Crippen molar-refractivity contribution < 1.29 is 32.7 Å². The van der Waals surface area contributed by atoms with Crippen molar-refractivity contribution in [1.82, 2.24) is 31.4 Å². The number of tetrazole rings is 1. The minimum atomic E-state index is -4.10. The Morgan fingerprint density at radius 1 is 1.18 bits per heavy atom. The molecule has 184 valence electrons. The highest BCUT2D eigenvalue weighted by Crippen LogP contribution is 2.35. The standard InChI is InChI=1S/C17H22N6O7S.2CH4/c24-15(11-14-19-22-23-20-14)18-7-10-30-12-1-3-13(4-2-12)31(27,28)17(16(25)21-26)5-8-29-9-6-17;;/h1-4,26H,5-11H2,(H,18,24)(H,21,25)(H,19,20,22,23);2*1H4. The minimum Gasteiger partial charge on any atom is -0.492 e. The lowest BCUT2D eigenvalue weighted by Crippen LogP contribution is -2.54. The van der Waals surface area contributed by atoms with Gasteiger partial charge in [0.2, 0.25) is 5.91 Å². The zero-order valence-corrected chi connectivity index (χ0v) is 17.2. The smallest absolute Gasteiger partial charge is 0.265 e. The van der Waals surface area contributed by atoms with Gasteiger partial charge < -0.3 is 14.8 Å². The first-order valence-corrected chi connectivity index (χ1v) is 10.9. The number of nitrogens with one attached hydrogen (secondary N) is 3. The van der Waals surface area contributed by atoms with Crippen LogP contribution in [0.3, 0.4) is 0 Å². The summed E-state index contributed by atoms with van der Waals surface area (Å²) in [7, 11) is -4.10. The summed E-state index contributed by atoms with van der Waals surface area (Å²) in [5.74, 6) is -0.616. The molecule has 1 aliphatic heterocycles. The summed E-state index contributed by atoms with van der Waals surface area (Å²) in [4.78, 5) is 23.9. The predicted molar refractivity (Wildman–Crippen MR) is 116 cm³/mol. The second-order valence-electron chi connectivity index (χ2n) is 6.73. The van der Waals surface area contributed by atoms with Crippen LogP contribution in [0.1, 0.15) is 33.5 Å². The highest BCUT2D eigenvalue weighted by molar-refractivity contribution is 7.93. The molecule has 1 fully saturated rings. The van der Waals surface area contributed by atoms with Gasteiger partial charge in [-0.3, -0.25) is 14.8 Å². The number of rotatable bonds is 9. The Balaban J connectivity index is 0.00000272. The van der Waals surface area contributed by atoms with Crippen LogP contribution in [0.4, 0.5) is 0 Å². The molecule has 0 radical (unpaired) electrons. The lowest BCUT2D eigenvalue weighted by Gasteiger charge is -2.34. The first-order valence-electron chi connectivity index (χ1n) is 9.38. The summed E-state index contributed by atoms with van der Waals surface area (Å²) >= 11 is 0. The molecule has 1 aromatic carbocycles. The quantitative estimate of drug-likeness (QED) is 0.214. The van der Waals surface area contributed by atoms with Gasteiger partial charge >= 0.3 is 0 Å². The molecule has 0 unspecified atom stereocenters.